The zero-order valence-electron chi connectivity index (χ0n) is 22.2. The van der Waals surface area contributed by atoms with Gasteiger partial charge in [0, 0.05) is 23.8 Å². The summed E-state index contributed by atoms with van der Waals surface area (Å²) in [4.78, 5) is 11.1. The summed E-state index contributed by atoms with van der Waals surface area (Å²) in [5.74, 6) is 1.22. The van der Waals surface area contributed by atoms with Gasteiger partial charge in [0.05, 0.1) is 25.4 Å². The van der Waals surface area contributed by atoms with E-state index in [4.69, 9.17) is 19.3 Å². The Morgan fingerprint density at radius 2 is 1.82 bits per heavy atom. The van der Waals surface area contributed by atoms with Crippen LogP contribution in [-0.4, -0.2) is 44.7 Å². The smallest absolute Gasteiger partial charge is 0.304 e. The maximum absolute atomic E-state index is 11.3. The first kappa shape index (κ1) is 27.5. The summed E-state index contributed by atoms with van der Waals surface area (Å²) >= 11 is 0. The number of carboxylic acids is 1. The number of aryl methyl sites for hydroxylation is 2. The number of aliphatic carboxylic acids is 1. The highest BCUT2D eigenvalue weighted by Gasteiger charge is 2.27. The normalized spacial score (nSPS) is 15.4. The van der Waals surface area contributed by atoms with E-state index in [-0.39, 0.29) is 24.2 Å². The van der Waals surface area contributed by atoms with Crippen LogP contribution < -0.4 is 14.2 Å². The van der Waals surface area contributed by atoms with Crippen molar-refractivity contribution >= 4 is 15.8 Å². The molecule has 0 unspecified atom stereocenters. The molecular weight excluding hydrogens is 504 g/mol. The zero-order valence-corrected chi connectivity index (χ0v) is 23.0. The molecule has 0 aliphatic carbocycles. The second-order valence-corrected chi connectivity index (χ2v) is 12.2. The third-order valence-electron chi connectivity index (χ3n) is 6.68. The second-order valence-electron chi connectivity index (χ2n) is 9.95. The minimum atomic E-state index is -2.99. The Morgan fingerprint density at radius 3 is 2.50 bits per heavy atom. The number of ether oxygens (including phenoxy) is 3. The molecule has 7 nitrogen and oxygen atoms in total. The van der Waals surface area contributed by atoms with Gasteiger partial charge >= 0.3 is 5.97 Å². The van der Waals surface area contributed by atoms with Crippen molar-refractivity contribution < 1.29 is 32.5 Å². The quantitative estimate of drug-likeness (QED) is 0.305. The van der Waals surface area contributed by atoms with Gasteiger partial charge in [0.15, 0.2) is 0 Å². The van der Waals surface area contributed by atoms with Gasteiger partial charge in [-0.3, -0.25) is 4.79 Å². The average molecular weight is 539 g/mol. The summed E-state index contributed by atoms with van der Waals surface area (Å²) < 4.78 is 40.4. The first-order valence-corrected chi connectivity index (χ1v) is 14.7. The predicted octanol–water partition coefficient (Wildman–Crippen LogP) is 5.87. The monoisotopic (exact) mass is 538 g/mol. The summed E-state index contributed by atoms with van der Waals surface area (Å²) in [6, 6.07) is 17.8. The maximum Gasteiger partial charge on any atom is 0.304 e. The van der Waals surface area contributed by atoms with E-state index >= 15 is 0 Å². The van der Waals surface area contributed by atoms with Gasteiger partial charge in [-0.05, 0) is 79.3 Å². The third kappa shape index (κ3) is 6.86. The number of carbonyl (C=O) groups is 1. The van der Waals surface area contributed by atoms with Crippen LogP contribution in [0.4, 0.5) is 0 Å². The summed E-state index contributed by atoms with van der Waals surface area (Å²) in [5, 5.41) is 9.11. The maximum atomic E-state index is 11.3. The first-order valence-electron chi connectivity index (χ1n) is 12.7. The van der Waals surface area contributed by atoms with Gasteiger partial charge in [0.2, 0.25) is 0 Å². The topological polar surface area (TPSA) is 99.1 Å². The Balaban J connectivity index is 1.46. The standard InChI is InChI=1S/C30H34O7S/c1-19-13-26(35-11-6-12-38(4,33)34)14-20(2)30(19)23-8-5-7-22(15-23)21(3)37-25-9-10-27-24(16-29(31)32)18-36-28(27)17-25/h5,7-10,13-15,17,21,24H,6,11-12,16,18H2,1-4H3,(H,31,32)/t21-,24-/m1/s1. The van der Waals surface area contributed by atoms with Gasteiger partial charge in [-0.15, -0.1) is 0 Å². The minimum absolute atomic E-state index is 0.0471. The van der Waals surface area contributed by atoms with Gasteiger partial charge in [0.25, 0.3) is 0 Å². The van der Waals surface area contributed by atoms with Crippen molar-refractivity contribution in [3.8, 4) is 28.4 Å². The van der Waals surface area contributed by atoms with Gasteiger partial charge in [0.1, 0.15) is 33.2 Å². The van der Waals surface area contributed by atoms with Crippen LogP contribution in [0.25, 0.3) is 11.1 Å². The lowest BCUT2D eigenvalue weighted by Crippen LogP contribution is -2.08. The van der Waals surface area contributed by atoms with Crippen LogP contribution in [0.1, 0.15) is 54.0 Å². The third-order valence-corrected chi connectivity index (χ3v) is 7.71. The van der Waals surface area contributed by atoms with Crippen molar-refractivity contribution in [3.05, 3.63) is 76.9 Å². The lowest BCUT2D eigenvalue weighted by atomic mass is 9.93. The van der Waals surface area contributed by atoms with Gasteiger partial charge in [-0.1, -0.05) is 24.3 Å². The Kier molecular flexibility index (Phi) is 8.31. The number of hydrogen-bond donors (Lipinski definition) is 1. The lowest BCUT2D eigenvalue weighted by Gasteiger charge is -2.18. The zero-order chi connectivity index (χ0) is 27.4. The van der Waals surface area contributed by atoms with Crippen LogP contribution >= 0.6 is 0 Å². The van der Waals surface area contributed by atoms with E-state index < -0.39 is 15.8 Å². The van der Waals surface area contributed by atoms with Crippen molar-refractivity contribution in [1.82, 2.24) is 0 Å². The molecule has 3 aromatic carbocycles. The highest BCUT2D eigenvalue weighted by Crippen LogP contribution is 2.39. The number of benzene rings is 3. The van der Waals surface area contributed by atoms with Crippen molar-refractivity contribution in [2.24, 2.45) is 0 Å². The van der Waals surface area contributed by atoms with Crippen molar-refractivity contribution in [3.63, 3.8) is 0 Å². The molecule has 0 aromatic heterocycles. The molecule has 38 heavy (non-hydrogen) atoms. The molecule has 0 bridgehead atoms. The fourth-order valence-electron chi connectivity index (χ4n) is 4.90. The Hall–Kier alpha value is -3.52. The van der Waals surface area contributed by atoms with Gasteiger partial charge < -0.3 is 19.3 Å². The van der Waals surface area contributed by atoms with Crippen LogP contribution in [-0.2, 0) is 14.6 Å². The highest BCUT2D eigenvalue weighted by atomic mass is 32.2. The van der Waals surface area contributed by atoms with Crippen molar-refractivity contribution in [1.29, 1.82) is 0 Å². The predicted molar refractivity (Wildman–Crippen MR) is 147 cm³/mol. The minimum Gasteiger partial charge on any atom is -0.494 e. The molecule has 0 fully saturated rings. The van der Waals surface area contributed by atoms with E-state index in [1.165, 1.54) is 6.26 Å². The van der Waals surface area contributed by atoms with Crippen LogP contribution in [0.3, 0.4) is 0 Å². The highest BCUT2D eigenvalue weighted by molar-refractivity contribution is 7.90. The van der Waals surface area contributed by atoms with Crippen LogP contribution in [0.5, 0.6) is 17.2 Å². The van der Waals surface area contributed by atoms with E-state index in [0.29, 0.717) is 31.1 Å². The fourth-order valence-corrected chi connectivity index (χ4v) is 5.55. The molecule has 1 N–H and O–H groups in total. The molecule has 1 aliphatic rings. The van der Waals surface area contributed by atoms with Crippen LogP contribution in [0, 0.1) is 13.8 Å². The molecule has 1 aliphatic heterocycles. The van der Waals surface area contributed by atoms with E-state index in [9.17, 15) is 13.2 Å². The number of hydrogen-bond acceptors (Lipinski definition) is 6. The summed E-state index contributed by atoms with van der Waals surface area (Å²) in [6.07, 6.45) is 1.51. The largest absolute Gasteiger partial charge is 0.494 e. The van der Waals surface area contributed by atoms with Crippen LogP contribution in [0.2, 0.25) is 0 Å². The Bertz CT molecular complexity index is 1410. The number of carboxylic acid groups (broad SMARTS) is 1. The number of fused-ring (bicyclic) bond motifs is 1. The molecule has 0 saturated heterocycles. The Labute approximate surface area is 224 Å². The van der Waals surface area contributed by atoms with Crippen molar-refractivity contribution in [2.45, 2.75) is 45.6 Å². The van der Waals surface area contributed by atoms with Crippen molar-refractivity contribution in [2.75, 3.05) is 25.2 Å². The average Bonchev–Trinajstić information content (AvgIpc) is 3.22. The van der Waals surface area contributed by atoms with E-state index in [2.05, 4.69) is 12.1 Å². The molecule has 0 amide bonds. The first-order chi connectivity index (χ1) is 18.0. The van der Waals surface area contributed by atoms with E-state index in [1.54, 1.807) is 0 Å². The molecule has 1 heterocycles. The summed E-state index contributed by atoms with van der Waals surface area (Å²) in [5.41, 5.74) is 6.26. The molecule has 0 radical (unpaired) electrons. The molecule has 2 atom stereocenters. The van der Waals surface area contributed by atoms with E-state index in [1.807, 2.05) is 63.2 Å². The molecule has 0 spiro atoms. The molecule has 8 heteroatoms. The van der Waals surface area contributed by atoms with Crippen LogP contribution in [0.15, 0.2) is 54.6 Å². The Morgan fingerprint density at radius 1 is 1.08 bits per heavy atom. The molecule has 202 valence electrons. The molecule has 4 rings (SSSR count). The van der Waals surface area contributed by atoms with Gasteiger partial charge in [-0.2, -0.15) is 0 Å². The van der Waals surface area contributed by atoms with Gasteiger partial charge in [-0.25, -0.2) is 8.42 Å². The molecular formula is C30H34O7S. The summed E-state index contributed by atoms with van der Waals surface area (Å²) in [7, 11) is -2.99. The number of rotatable bonds is 11. The number of sulfone groups is 1. The molecule has 0 saturated carbocycles. The van der Waals surface area contributed by atoms with E-state index in [0.717, 1.165) is 39.1 Å². The second kappa shape index (κ2) is 11.5. The fraction of sp³-hybridized carbons (Fsp3) is 0.367. The molecule has 3 aromatic rings. The summed E-state index contributed by atoms with van der Waals surface area (Å²) in [6.45, 7) is 6.80. The SMILES string of the molecule is Cc1cc(OCCCS(C)(=O)=O)cc(C)c1-c1cccc([C@@H](C)Oc2ccc3c(c2)OC[C@H]3CC(=O)O)c1. The lowest BCUT2D eigenvalue weighted by molar-refractivity contribution is -0.137.